The number of hydrogen-bond acceptors (Lipinski definition) is 5. The molecule has 18 heavy (non-hydrogen) atoms. The Morgan fingerprint density at radius 2 is 2.00 bits per heavy atom. The van der Waals surface area contributed by atoms with E-state index in [1.807, 2.05) is 7.05 Å². The largest absolute Gasteiger partial charge is 0.359 e. The Morgan fingerprint density at radius 1 is 1.22 bits per heavy atom. The summed E-state index contributed by atoms with van der Waals surface area (Å²) in [5.41, 5.74) is 0.671. The van der Waals surface area contributed by atoms with Gasteiger partial charge in [-0.3, -0.25) is 5.10 Å². The normalized spacial score (nSPS) is 11.4. The van der Waals surface area contributed by atoms with E-state index in [0.29, 0.717) is 5.65 Å². The van der Waals surface area contributed by atoms with Crippen LogP contribution in [0.5, 0.6) is 0 Å². The first-order chi connectivity index (χ1) is 8.58. The van der Waals surface area contributed by atoms with Gasteiger partial charge in [-0.2, -0.15) is 15.1 Å². The zero-order chi connectivity index (χ0) is 13.1. The monoisotopic (exact) mass is 268 g/mol. The molecule has 0 unspecified atom stereocenters. The van der Waals surface area contributed by atoms with Crippen LogP contribution in [0.25, 0.3) is 11.0 Å². The van der Waals surface area contributed by atoms with Gasteiger partial charge in [-0.1, -0.05) is 0 Å². The van der Waals surface area contributed by atoms with Crippen molar-refractivity contribution >= 4 is 28.5 Å². The Bertz CT molecular complexity index is 523. The Hall–Kier alpha value is -1.40. The number of hydrogen-bond donors (Lipinski definition) is 1. The van der Waals surface area contributed by atoms with Crippen molar-refractivity contribution in [2.45, 2.75) is 6.42 Å². The van der Waals surface area contributed by atoms with Crippen molar-refractivity contribution in [3.05, 3.63) is 11.5 Å². The van der Waals surface area contributed by atoms with Crippen LogP contribution in [0.15, 0.2) is 6.20 Å². The summed E-state index contributed by atoms with van der Waals surface area (Å²) in [6, 6.07) is 0. The fraction of sp³-hybridized carbons (Fsp3) is 0.545. The molecule has 7 heteroatoms. The molecule has 0 atom stereocenters. The molecular formula is C11H17ClN6. The maximum atomic E-state index is 5.90. The van der Waals surface area contributed by atoms with Crippen LogP contribution >= 0.6 is 11.6 Å². The molecular weight excluding hydrogens is 252 g/mol. The van der Waals surface area contributed by atoms with E-state index in [0.717, 1.165) is 30.7 Å². The van der Waals surface area contributed by atoms with Gasteiger partial charge in [0.05, 0.1) is 11.6 Å². The molecule has 1 N–H and O–H groups in total. The van der Waals surface area contributed by atoms with E-state index in [1.165, 1.54) is 0 Å². The molecule has 0 saturated heterocycles. The molecule has 0 spiro atoms. The van der Waals surface area contributed by atoms with Gasteiger partial charge in [0.1, 0.15) is 5.82 Å². The van der Waals surface area contributed by atoms with Gasteiger partial charge in [0, 0.05) is 13.6 Å². The number of halogens is 1. The standard InChI is InChI=1S/C11H17ClN6/c1-17(2)5-4-6-18(3)10-8-7-13-16-9(8)14-11(12)15-10/h7H,4-6H2,1-3H3,(H,13,14,15,16). The summed E-state index contributed by atoms with van der Waals surface area (Å²) < 4.78 is 0. The zero-order valence-electron chi connectivity index (χ0n) is 10.8. The third kappa shape index (κ3) is 2.88. The summed E-state index contributed by atoms with van der Waals surface area (Å²) in [5.74, 6) is 0.817. The highest BCUT2D eigenvalue weighted by molar-refractivity contribution is 6.28. The van der Waals surface area contributed by atoms with Crippen molar-refractivity contribution in [1.82, 2.24) is 25.1 Å². The first-order valence-electron chi connectivity index (χ1n) is 5.80. The first-order valence-corrected chi connectivity index (χ1v) is 6.18. The van der Waals surface area contributed by atoms with Crippen molar-refractivity contribution in [3.63, 3.8) is 0 Å². The molecule has 0 aliphatic heterocycles. The minimum absolute atomic E-state index is 0.237. The van der Waals surface area contributed by atoms with Crippen LogP contribution in [0.2, 0.25) is 5.28 Å². The van der Waals surface area contributed by atoms with Crippen LogP contribution in [0.1, 0.15) is 6.42 Å². The van der Waals surface area contributed by atoms with E-state index >= 15 is 0 Å². The summed E-state index contributed by atoms with van der Waals surface area (Å²) >= 11 is 5.90. The summed E-state index contributed by atoms with van der Waals surface area (Å²) in [4.78, 5) is 12.6. The van der Waals surface area contributed by atoms with Gasteiger partial charge < -0.3 is 9.80 Å². The van der Waals surface area contributed by atoms with E-state index < -0.39 is 0 Å². The number of fused-ring (bicyclic) bond motifs is 1. The number of anilines is 1. The molecule has 0 aliphatic rings. The summed E-state index contributed by atoms with van der Waals surface area (Å²) in [5, 5.41) is 7.91. The molecule has 0 aliphatic carbocycles. The van der Waals surface area contributed by atoms with E-state index in [2.05, 4.69) is 44.1 Å². The fourth-order valence-electron chi connectivity index (χ4n) is 1.81. The highest BCUT2D eigenvalue weighted by Crippen LogP contribution is 2.22. The van der Waals surface area contributed by atoms with Crippen molar-refractivity contribution in [2.24, 2.45) is 0 Å². The Labute approximate surface area is 111 Å². The fourth-order valence-corrected chi connectivity index (χ4v) is 1.98. The highest BCUT2D eigenvalue weighted by atomic mass is 35.5. The number of aromatic amines is 1. The zero-order valence-corrected chi connectivity index (χ0v) is 11.6. The molecule has 98 valence electrons. The lowest BCUT2D eigenvalue weighted by atomic mass is 10.3. The lowest BCUT2D eigenvalue weighted by Crippen LogP contribution is -2.24. The first kappa shape index (κ1) is 13.0. The molecule has 6 nitrogen and oxygen atoms in total. The lowest BCUT2D eigenvalue weighted by molar-refractivity contribution is 0.401. The van der Waals surface area contributed by atoms with Gasteiger partial charge in [-0.15, -0.1) is 0 Å². The number of rotatable bonds is 5. The van der Waals surface area contributed by atoms with Crippen LogP contribution in [0.4, 0.5) is 5.82 Å². The van der Waals surface area contributed by atoms with Gasteiger partial charge >= 0.3 is 0 Å². The SMILES string of the molecule is CN(C)CCCN(C)c1nc(Cl)nc2[nH]ncc12. The summed E-state index contributed by atoms with van der Waals surface area (Å²) in [6.07, 6.45) is 2.79. The second-order valence-electron chi connectivity index (χ2n) is 4.53. The predicted molar refractivity (Wildman–Crippen MR) is 73.1 cm³/mol. The lowest BCUT2D eigenvalue weighted by Gasteiger charge is -2.19. The number of nitrogens with zero attached hydrogens (tertiary/aromatic N) is 5. The number of aromatic nitrogens is 4. The highest BCUT2D eigenvalue weighted by Gasteiger charge is 2.12. The minimum Gasteiger partial charge on any atom is -0.359 e. The average Bonchev–Trinajstić information content (AvgIpc) is 2.74. The molecule has 2 heterocycles. The Kier molecular flexibility index (Phi) is 3.98. The van der Waals surface area contributed by atoms with Crippen molar-refractivity contribution in [3.8, 4) is 0 Å². The van der Waals surface area contributed by atoms with E-state index in [1.54, 1.807) is 6.20 Å². The van der Waals surface area contributed by atoms with E-state index in [9.17, 15) is 0 Å². The van der Waals surface area contributed by atoms with E-state index in [-0.39, 0.29) is 5.28 Å². The second-order valence-corrected chi connectivity index (χ2v) is 4.86. The second kappa shape index (κ2) is 5.49. The van der Waals surface area contributed by atoms with Crippen LogP contribution in [-0.2, 0) is 0 Å². The minimum atomic E-state index is 0.237. The molecule has 0 fully saturated rings. The molecule has 0 radical (unpaired) electrons. The molecule has 2 aromatic rings. The topological polar surface area (TPSA) is 60.9 Å². The molecule has 0 amide bonds. The maximum Gasteiger partial charge on any atom is 0.226 e. The molecule has 2 rings (SSSR count). The maximum absolute atomic E-state index is 5.90. The van der Waals surface area contributed by atoms with Gasteiger partial charge in [-0.05, 0) is 38.7 Å². The average molecular weight is 269 g/mol. The number of H-pyrrole nitrogens is 1. The smallest absolute Gasteiger partial charge is 0.226 e. The van der Waals surface area contributed by atoms with Crippen LogP contribution in [0, 0.1) is 0 Å². The van der Waals surface area contributed by atoms with Gasteiger partial charge in [0.25, 0.3) is 0 Å². The molecule has 2 aromatic heterocycles. The van der Waals surface area contributed by atoms with Crippen LogP contribution in [0.3, 0.4) is 0 Å². The molecule has 0 bridgehead atoms. The quantitative estimate of drug-likeness (QED) is 0.831. The van der Waals surface area contributed by atoms with Crippen LogP contribution in [-0.4, -0.2) is 59.3 Å². The summed E-state index contributed by atoms with van der Waals surface area (Å²) in [6.45, 7) is 1.95. The Balaban J connectivity index is 2.16. The summed E-state index contributed by atoms with van der Waals surface area (Å²) in [7, 11) is 6.13. The third-order valence-corrected chi connectivity index (χ3v) is 2.89. The van der Waals surface area contributed by atoms with Gasteiger partial charge in [-0.25, -0.2) is 0 Å². The molecule has 0 saturated carbocycles. The van der Waals surface area contributed by atoms with E-state index in [4.69, 9.17) is 11.6 Å². The van der Waals surface area contributed by atoms with Crippen LogP contribution < -0.4 is 4.90 Å². The predicted octanol–water partition coefficient (Wildman–Crippen LogP) is 1.39. The van der Waals surface area contributed by atoms with Gasteiger partial charge in [0.15, 0.2) is 5.65 Å². The number of nitrogens with one attached hydrogen (secondary N) is 1. The van der Waals surface area contributed by atoms with Gasteiger partial charge in [0.2, 0.25) is 5.28 Å². The Morgan fingerprint density at radius 3 is 2.72 bits per heavy atom. The third-order valence-electron chi connectivity index (χ3n) is 2.72. The van der Waals surface area contributed by atoms with Crippen molar-refractivity contribution in [1.29, 1.82) is 0 Å². The van der Waals surface area contributed by atoms with Crippen molar-refractivity contribution < 1.29 is 0 Å². The van der Waals surface area contributed by atoms with Crippen molar-refractivity contribution in [2.75, 3.05) is 39.1 Å². The molecule has 0 aromatic carbocycles.